The van der Waals surface area contributed by atoms with Crippen LogP contribution in [0.25, 0.3) is 0 Å². The average molecular weight is 251 g/mol. The summed E-state index contributed by atoms with van der Waals surface area (Å²) in [5.74, 6) is -0.757. The first-order valence-electron chi connectivity index (χ1n) is 6.02. The Morgan fingerprint density at radius 1 is 1.56 bits per heavy atom. The Bertz CT molecular complexity index is 473. The average Bonchev–Trinajstić information content (AvgIpc) is 2.68. The number of benzene rings is 1. The third-order valence-corrected chi connectivity index (χ3v) is 3.50. The third-order valence-electron chi connectivity index (χ3n) is 3.50. The summed E-state index contributed by atoms with van der Waals surface area (Å²) in [5.41, 5.74) is 12.1. The van der Waals surface area contributed by atoms with Gasteiger partial charge in [-0.05, 0) is 37.5 Å². The number of amides is 1. The predicted octanol–water partition coefficient (Wildman–Crippen LogP) is 0.781. The molecule has 1 heterocycles. The molecule has 0 saturated carbocycles. The highest BCUT2D eigenvalue weighted by Gasteiger charge is 2.28. The van der Waals surface area contributed by atoms with E-state index < -0.39 is 11.4 Å². The molecule has 0 saturated heterocycles. The summed E-state index contributed by atoms with van der Waals surface area (Å²) in [6, 6.07) is 4.81. The molecule has 98 valence electrons. The molecule has 1 aliphatic heterocycles. The molecule has 1 unspecified atom stereocenters. The SMILES string of the molecule is CC(N)(CCN1CCc2ccc(F)cc21)C(N)=O. The van der Waals surface area contributed by atoms with E-state index in [-0.39, 0.29) is 5.82 Å². The number of fused-ring (bicyclic) bond motifs is 1. The van der Waals surface area contributed by atoms with E-state index in [9.17, 15) is 9.18 Å². The minimum atomic E-state index is -1.02. The smallest absolute Gasteiger partial charge is 0.237 e. The molecule has 1 aromatic rings. The standard InChI is InChI=1S/C13H18FN3O/c1-13(16,12(15)18)5-7-17-6-4-9-2-3-10(14)8-11(9)17/h2-3,8H,4-7,16H2,1H3,(H2,15,18). The van der Waals surface area contributed by atoms with Crippen molar-refractivity contribution >= 4 is 11.6 Å². The second kappa shape index (κ2) is 4.57. The van der Waals surface area contributed by atoms with E-state index in [0.717, 1.165) is 24.2 Å². The van der Waals surface area contributed by atoms with Gasteiger partial charge in [0.2, 0.25) is 5.91 Å². The van der Waals surface area contributed by atoms with Gasteiger partial charge in [-0.2, -0.15) is 0 Å². The summed E-state index contributed by atoms with van der Waals surface area (Å²) in [5, 5.41) is 0. The maximum absolute atomic E-state index is 13.2. The van der Waals surface area contributed by atoms with Crippen molar-refractivity contribution in [2.75, 3.05) is 18.0 Å². The van der Waals surface area contributed by atoms with Crippen molar-refractivity contribution in [3.05, 3.63) is 29.6 Å². The predicted molar refractivity (Wildman–Crippen MR) is 68.7 cm³/mol. The Morgan fingerprint density at radius 3 is 2.94 bits per heavy atom. The number of rotatable bonds is 4. The molecular weight excluding hydrogens is 233 g/mol. The lowest BCUT2D eigenvalue weighted by atomic mass is 9.98. The number of nitrogens with two attached hydrogens (primary N) is 2. The number of nitrogens with zero attached hydrogens (tertiary/aromatic N) is 1. The van der Waals surface area contributed by atoms with E-state index in [4.69, 9.17) is 11.5 Å². The van der Waals surface area contributed by atoms with Gasteiger partial charge < -0.3 is 16.4 Å². The van der Waals surface area contributed by atoms with Gasteiger partial charge in [-0.3, -0.25) is 4.79 Å². The van der Waals surface area contributed by atoms with Gasteiger partial charge in [0.05, 0.1) is 5.54 Å². The molecule has 4 nitrogen and oxygen atoms in total. The van der Waals surface area contributed by atoms with Crippen LogP contribution < -0.4 is 16.4 Å². The lowest BCUT2D eigenvalue weighted by molar-refractivity contribution is -0.122. The zero-order valence-electron chi connectivity index (χ0n) is 10.4. The fourth-order valence-corrected chi connectivity index (χ4v) is 2.14. The van der Waals surface area contributed by atoms with Crippen molar-refractivity contribution in [1.82, 2.24) is 0 Å². The molecule has 0 spiro atoms. The molecule has 0 radical (unpaired) electrons. The third kappa shape index (κ3) is 2.46. The van der Waals surface area contributed by atoms with Gasteiger partial charge in [0.1, 0.15) is 5.82 Å². The van der Waals surface area contributed by atoms with Crippen molar-refractivity contribution in [2.45, 2.75) is 25.3 Å². The first-order valence-corrected chi connectivity index (χ1v) is 6.02. The Labute approximate surface area is 106 Å². The number of anilines is 1. The van der Waals surface area contributed by atoms with Crippen molar-refractivity contribution in [3.8, 4) is 0 Å². The second-order valence-electron chi connectivity index (χ2n) is 5.04. The summed E-state index contributed by atoms with van der Waals surface area (Å²) < 4.78 is 13.2. The summed E-state index contributed by atoms with van der Waals surface area (Å²) in [4.78, 5) is 13.2. The number of halogens is 1. The molecule has 1 aliphatic rings. The topological polar surface area (TPSA) is 72.3 Å². The highest BCUT2D eigenvalue weighted by molar-refractivity contribution is 5.83. The van der Waals surface area contributed by atoms with E-state index in [0.29, 0.717) is 13.0 Å². The maximum Gasteiger partial charge on any atom is 0.237 e. The van der Waals surface area contributed by atoms with E-state index >= 15 is 0 Å². The van der Waals surface area contributed by atoms with Gasteiger partial charge in [-0.1, -0.05) is 6.07 Å². The molecule has 18 heavy (non-hydrogen) atoms. The minimum absolute atomic E-state index is 0.244. The highest BCUT2D eigenvalue weighted by Crippen LogP contribution is 2.29. The van der Waals surface area contributed by atoms with Crippen LogP contribution in [0.4, 0.5) is 10.1 Å². The summed E-state index contributed by atoms with van der Waals surface area (Å²) in [6.45, 7) is 3.05. The summed E-state index contributed by atoms with van der Waals surface area (Å²) >= 11 is 0. The quantitative estimate of drug-likeness (QED) is 0.830. The number of primary amides is 1. The molecule has 0 bridgehead atoms. The highest BCUT2D eigenvalue weighted by atomic mass is 19.1. The molecule has 0 fully saturated rings. The van der Waals surface area contributed by atoms with Crippen molar-refractivity contribution in [1.29, 1.82) is 0 Å². The van der Waals surface area contributed by atoms with Crippen molar-refractivity contribution in [3.63, 3.8) is 0 Å². The van der Waals surface area contributed by atoms with E-state index in [1.807, 2.05) is 4.90 Å². The number of carbonyl (C=O) groups is 1. The molecule has 1 aromatic carbocycles. The first-order chi connectivity index (χ1) is 8.40. The molecule has 5 heteroatoms. The molecule has 1 amide bonds. The monoisotopic (exact) mass is 251 g/mol. The van der Waals surface area contributed by atoms with Crippen LogP contribution in [-0.2, 0) is 11.2 Å². The van der Waals surface area contributed by atoms with Gasteiger partial charge in [0.25, 0.3) is 0 Å². The fourth-order valence-electron chi connectivity index (χ4n) is 2.14. The van der Waals surface area contributed by atoms with Crippen LogP contribution in [0.15, 0.2) is 18.2 Å². The van der Waals surface area contributed by atoms with Gasteiger partial charge in [0, 0.05) is 18.8 Å². The Balaban J connectivity index is 2.06. The fraction of sp³-hybridized carbons (Fsp3) is 0.462. The number of carbonyl (C=O) groups excluding carboxylic acids is 1. The molecule has 1 atom stereocenters. The van der Waals surface area contributed by atoms with Crippen molar-refractivity contribution in [2.24, 2.45) is 11.5 Å². The molecule has 0 aliphatic carbocycles. The largest absolute Gasteiger partial charge is 0.371 e. The van der Waals surface area contributed by atoms with E-state index in [1.165, 1.54) is 12.1 Å². The van der Waals surface area contributed by atoms with E-state index in [2.05, 4.69) is 0 Å². The van der Waals surface area contributed by atoms with Gasteiger partial charge in [-0.15, -0.1) is 0 Å². The van der Waals surface area contributed by atoms with Crippen LogP contribution in [0.5, 0.6) is 0 Å². The minimum Gasteiger partial charge on any atom is -0.371 e. The zero-order valence-corrected chi connectivity index (χ0v) is 10.4. The van der Waals surface area contributed by atoms with Gasteiger partial charge in [-0.25, -0.2) is 4.39 Å². The van der Waals surface area contributed by atoms with E-state index in [1.54, 1.807) is 13.0 Å². The first kappa shape index (κ1) is 12.8. The van der Waals surface area contributed by atoms with Crippen LogP contribution >= 0.6 is 0 Å². The van der Waals surface area contributed by atoms with Crippen LogP contribution in [0.2, 0.25) is 0 Å². The normalized spacial score (nSPS) is 17.4. The maximum atomic E-state index is 13.2. The lowest BCUT2D eigenvalue weighted by Gasteiger charge is -2.26. The Kier molecular flexibility index (Phi) is 3.26. The molecule has 0 aromatic heterocycles. The number of hydrogen-bond donors (Lipinski definition) is 2. The van der Waals surface area contributed by atoms with Crippen LogP contribution in [-0.4, -0.2) is 24.5 Å². The van der Waals surface area contributed by atoms with Crippen LogP contribution in [0, 0.1) is 5.82 Å². The van der Waals surface area contributed by atoms with Crippen molar-refractivity contribution < 1.29 is 9.18 Å². The molecule has 2 rings (SSSR count). The summed E-state index contributed by atoms with van der Waals surface area (Å²) in [6.07, 6.45) is 1.35. The van der Waals surface area contributed by atoms with Crippen LogP contribution in [0.1, 0.15) is 18.9 Å². The Morgan fingerprint density at radius 2 is 2.28 bits per heavy atom. The van der Waals surface area contributed by atoms with Crippen LogP contribution in [0.3, 0.4) is 0 Å². The lowest BCUT2D eigenvalue weighted by Crippen LogP contribution is -2.51. The Hall–Kier alpha value is -1.62. The number of hydrogen-bond acceptors (Lipinski definition) is 3. The molecular formula is C13H18FN3O. The second-order valence-corrected chi connectivity index (χ2v) is 5.04. The van der Waals surface area contributed by atoms with Gasteiger partial charge >= 0.3 is 0 Å². The zero-order chi connectivity index (χ0) is 13.3. The summed E-state index contributed by atoms with van der Waals surface area (Å²) in [7, 11) is 0. The molecule has 4 N–H and O–H groups in total. The van der Waals surface area contributed by atoms with Gasteiger partial charge in [0.15, 0.2) is 0 Å².